The van der Waals surface area contributed by atoms with Gasteiger partial charge in [0.25, 0.3) is 0 Å². The smallest absolute Gasteiger partial charge is 0.160 e. The molecule has 0 saturated carbocycles. The summed E-state index contributed by atoms with van der Waals surface area (Å²) in [5.41, 5.74) is 2.17. The molecule has 1 atom stereocenters. The van der Waals surface area contributed by atoms with Crippen LogP contribution in [0.1, 0.15) is 39.5 Å². The van der Waals surface area contributed by atoms with E-state index in [4.69, 9.17) is 0 Å². The van der Waals surface area contributed by atoms with Crippen molar-refractivity contribution in [3.63, 3.8) is 0 Å². The van der Waals surface area contributed by atoms with E-state index in [-0.39, 0.29) is 11.0 Å². The number of hydrogen-bond donors (Lipinski definition) is 0. The van der Waals surface area contributed by atoms with Gasteiger partial charge in [0.15, 0.2) is 9.84 Å². The van der Waals surface area contributed by atoms with E-state index in [2.05, 4.69) is 22.6 Å². The van der Waals surface area contributed by atoms with Crippen LogP contribution >= 0.6 is 22.6 Å². The molecule has 0 spiro atoms. The lowest BCUT2D eigenvalue weighted by Gasteiger charge is -2.11. The van der Waals surface area contributed by atoms with Gasteiger partial charge in [0.1, 0.15) is 0 Å². The second kappa shape index (κ2) is 5.66. The Balaban J connectivity index is 2.53. The molecule has 0 bridgehead atoms. The largest absolute Gasteiger partial charge is 0.228 e. The molecule has 1 heterocycles. The highest BCUT2D eigenvalue weighted by molar-refractivity contribution is 14.1. The molecule has 0 aromatic rings. The first-order chi connectivity index (χ1) is 6.99. The zero-order valence-corrected chi connectivity index (χ0v) is 12.4. The topological polar surface area (TPSA) is 34.1 Å². The molecular formula is C11H19IO2S. The van der Waals surface area contributed by atoms with Gasteiger partial charge < -0.3 is 0 Å². The minimum atomic E-state index is -2.85. The maximum atomic E-state index is 11.8. The van der Waals surface area contributed by atoms with Crippen LogP contribution in [-0.4, -0.2) is 23.8 Å². The SMILES string of the molecule is CC1=C(C)C(CCCCCI)S(=O)(=O)C1. The van der Waals surface area contributed by atoms with Crippen molar-refractivity contribution in [1.82, 2.24) is 0 Å². The van der Waals surface area contributed by atoms with Crippen molar-refractivity contribution in [3.8, 4) is 0 Å². The lowest BCUT2D eigenvalue weighted by Crippen LogP contribution is -2.18. The second-order valence-corrected chi connectivity index (χ2v) is 7.56. The molecule has 1 unspecified atom stereocenters. The summed E-state index contributed by atoms with van der Waals surface area (Å²) in [7, 11) is -2.85. The van der Waals surface area contributed by atoms with E-state index >= 15 is 0 Å². The van der Waals surface area contributed by atoms with Crippen LogP contribution in [0.5, 0.6) is 0 Å². The predicted molar refractivity (Wildman–Crippen MR) is 73.3 cm³/mol. The first-order valence-electron chi connectivity index (χ1n) is 5.43. The van der Waals surface area contributed by atoms with Crippen LogP contribution < -0.4 is 0 Å². The minimum Gasteiger partial charge on any atom is -0.228 e. The Labute approximate surface area is 107 Å². The van der Waals surface area contributed by atoms with Gasteiger partial charge >= 0.3 is 0 Å². The van der Waals surface area contributed by atoms with E-state index in [1.54, 1.807) is 0 Å². The van der Waals surface area contributed by atoms with Gasteiger partial charge in [-0.2, -0.15) is 0 Å². The van der Waals surface area contributed by atoms with Gasteiger partial charge in [-0.25, -0.2) is 8.42 Å². The van der Waals surface area contributed by atoms with E-state index in [0.717, 1.165) is 30.4 Å². The van der Waals surface area contributed by atoms with Crippen molar-refractivity contribution in [3.05, 3.63) is 11.1 Å². The molecule has 1 rings (SSSR count). The summed E-state index contributed by atoms with van der Waals surface area (Å²) in [5.74, 6) is 0.287. The van der Waals surface area contributed by atoms with E-state index in [0.29, 0.717) is 0 Å². The summed E-state index contributed by atoms with van der Waals surface area (Å²) in [4.78, 5) is 0. The van der Waals surface area contributed by atoms with Crippen molar-refractivity contribution in [2.75, 3.05) is 10.2 Å². The van der Waals surface area contributed by atoms with Crippen LogP contribution in [0.25, 0.3) is 0 Å². The van der Waals surface area contributed by atoms with Gasteiger partial charge in [-0.3, -0.25) is 0 Å². The number of rotatable bonds is 5. The van der Waals surface area contributed by atoms with E-state index in [1.807, 2.05) is 13.8 Å². The third kappa shape index (κ3) is 3.44. The van der Waals surface area contributed by atoms with Crippen LogP contribution in [0.4, 0.5) is 0 Å². The van der Waals surface area contributed by atoms with Crippen molar-refractivity contribution in [2.24, 2.45) is 0 Å². The van der Waals surface area contributed by atoms with E-state index in [1.165, 1.54) is 10.8 Å². The maximum Gasteiger partial charge on any atom is 0.160 e. The lowest BCUT2D eigenvalue weighted by molar-refractivity contribution is 0.579. The molecule has 0 aromatic carbocycles. The molecule has 15 heavy (non-hydrogen) atoms. The molecule has 4 heteroatoms. The Morgan fingerprint density at radius 1 is 1.27 bits per heavy atom. The lowest BCUT2D eigenvalue weighted by atomic mass is 10.0. The van der Waals surface area contributed by atoms with Gasteiger partial charge in [0.05, 0.1) is 11.0 Å². The summed E-state index contributed by atoms with van der Waals surface area (Å²) in [5, 5.41) is -0.174. The molecule has 2 nitrogen and oxygen atoms in total. The standard InChI is InChI=1S/C11H19IO2S/c1-9-8-15(13,14)11(10(9)2)6-4-3-5-7-12/h11H,3-8H2,1-2H3. The Morgan fingerprint density at radius 3 is 2.40 bits per heavy atom. The monoisotopic (exact) mass is 342 g/mol. The highest BCUT2D eigenvalue weighted by atomic mass is 127. The number of hydrogen-bond acceptors (Lipinski definition) is 2. The Bertz CT molecular complexity index is 344. The minimum absolute atomic E-state index is 0.174. The molecule has 0 saturated heterocycles. The molecule has 1 aliphatic heterocycles. The number of halogens is 1. The molecule has 88 valence electrons. The van der Waals surface area contributed by atoms with E-state index < -0.39 is 9.84 Å². The first-order valence-corrected chi connectivity index (χ1v) is 8.67. The zero-order chi connectivity index (χ0) is 11.5. The maximum absolute atomic E-state index is 11.8. The van der Waals surface area contributed by atoms with Crippen LogP contribution in [0.2, 0.25) is 0 Å². The molecule has 0 aromatic heterocycles. The highest BCUT2D eigenvalue weighted by Crippen LogP contribution is 2.30. The summed E-state index contributed by atoms with van der Waals surface area (Å²) in [6.07, 6.45) is 4.22. The Morgan fingerprint density at radius 2 is 1.93 bits per heavy atom. The van der Waals surface area contributed by atoms with Crippen LogP contribution in [0.15, 0.2) is 11.1 Å². The quantitative estimate of drug-likeness (QED) is 0.333. The molecule has 1 aliphatic rings. The Kier molecular flexibility index (Phi) is 5.09. The van der Waals surface area contributed by atoms with Crippen LogP contribution in [0, 0.1) is 0 Å². The molecule has 0 radical (unpaired) electrons. The fourth-order valence-corrected chi connectivity index (χ4v) is 4.89. The zero-order valence-electron chi connectivity index (χ0n) is 9.42. The van der Waals surface area contributed by atoms with Gasteiger partial charge in [0.2, 0.25) is 0 Å². The average Bonchev–Trinajstić information content (AvgIpc) is 2.33. The van der Waals surface area contributed by atoms with Crippen molar-refractivity contribution in [2.45, 2.75) is 44.8 Å². The normalized spacial score (nSPS) is 24.9. The fourth-order valence-electron chi connectivity index (χ4n) is 2.06. The molecule has 0 N–H and O–H groups in total. The van der Waals surface area contributed by atoms with Crippen molar-refractivity contribution in [1.29, 1.82) is 0 Å². The van der Waals surface area contributed by atoms with Gasteiger partial charge in [-0.1, -0.05) is 46.6 Å². The van der Waals surface area contributed by atoms with Crippen LogP contribution in [0.3, 0.4) is 0 Å². The summed E-state index contributed by atoms with van der Waals surface area (Å²) in [6.45, 7) is 3.92. The number of alkyl halides is 1. The summed E-state index contributed by atoms with van der Waals surface area (Å²) in [6, 6.07) is 0. The molecule has 0 aliphatic carbocycles. The predicted octanol–water partition coefficient (Wildman–Crippen LogP) is 3.12. The third-order valence-electron chi connectivity index (χ3n) is 3.11. The highest BCUT2D eigenvalue weighted by Gasteiger charge is 2.33. The van der Waals surface area contributed by atoms with Gasteiger partial charge in [0, 0.05) is 0 Å². The van der Waals surface area contributed by atoms with E-state index in [9.17, 15) is 8.42 Å². The average molecular weight is 342 g/mol. The summed E-state index contributed by atoms with van der Waals surface area (Å²) < 4.78 is 24.8. The van der Waals surface area contributed by atoms with Gasteiger partial charge in [-0.05, 0) is 31.1 Å². The van der Waals surface area contributed by atoms with Gasteiger partial charge in [-0.15, -0.1) is 0 Å². The molecular weight excluding hydrogens is 323 g/mol. The molecule has 0 amide bonds. The Hall–Kier alpha value is 0.420. The summed E-state index contributed by atoms with van der Waals surface area (Å²) >= 11 is 2.36. The van der Waals surface area contributed by atoms with Crippen LogP contribution in [-0.2, 0) is 9.84 Å². The first kappa shape index (κ1) is 13.5. The number of unbranched alkanes of at least 4 members (excludes halogenated alkanes) is 2. The third-order valence-corrected chi connectivity index (χ3v) is 6.16. The van der Waals surface area contributed by atoms with Crippen molar-refractivity contribution >= 4 is 32.4 Å². The molecule has 0 fully saturated rings. The number of sulfone groups is 1. The fraction of sp³-hybridized carbons (Fsp3) is 0.818. The second-order valence-electron chi connectivity index (χ2n) is 4.30. The van der Waals surface area contributed by atoms with Crippen molar-refractivity contribution < 1.29 is 8.42 Å².